The van der Waals surface area contributed by atoms with Crippen LogP contribution in [0.15, 0.2) is 58.5 Å². The zero-order valence-corrected chi connectivity index (χ0v) is 15.1. The van der Waals surface area contributed by atoms with Gasteiger partial charge in [0.1, 0.15) is 0 Å². The largest absolute Gasteiger partial charge is 0.416 e. The molecule has 2 aromatic carbocycles. The Morgan fingerprint density at radius 3 is 2.35 bits per heavy atom. The molecule has 0 saturated heterocycles. The van der Waals surface area contributed by atoms with Crippen molar-refractivity contribution in [1.29, 1.82) is 0 Å². The van der Waals surface area contributed by atoms with Gasteiger partial charge in [0.2, 0.25) is 0 Å². The van der Waals surface area contributed by atoms with E-state index in [1.54, 1.807) is 22.8 Å². The van der Waals surface area contributed by atoms with E-state index >= 15 is 0 Å². The van der Waals surface area contributed by atoms with E-state index < -0.39 is 11.7 Å². The van der Waals surface area contributed by atoms with Crippen molar-refractivity contribution in [2.45, 2.75) is 37.0 Å². The number of benzene rings is 2. The van der Waals surface area contributed by atoms with Crippen molar-refractivity contribution in [3.8, 4) is 0 Å². The van der Waals surface area contributed by atoms with Crippen LogP contribution in [0.2, 0.25) is 0 Å². The lowest BCUT2D eigenvalue weighted by atomic mass is 10.1. The van der Waals surface area contributed by atoms with Gasteiger partial charge >= 0.3 is 6.18 Å². The summed E-state index contributed by atoms with van der Waals surface area (Å²) >= 11 is 1.34. The standard InChI is InChI=1S/C19H17F3N2OS/c1-12(2)24-17(25)15-5-3-4-6-16(15)23-18(24)26-11-13-7-9-14(10-8-13)19(20,21)22/h3-10,12H,11H2,1-2H3. The van der Waals surface area contributed by atoms with E-state index in [1.807, 2.05) is 19.9 Å². The fourth-order valence-electron chi connectivity index (χ4n) is 2.62. The van der Waals surface area contributed by atoms with E-state index in [0.29, 0.717) is 21.8 Å². The van der Waals surface area contributed by atoms with Gasteiger partial charge in [-0.15, -0.1) is 0 Å². The first-order valence-corrected chi connectivity index (χ1v) is 9.06. The summed E-state index contributed by atoms with van der Waals surface area (Å²) in [5.41, 5.74) is 0.569. The molecule has 26 heavy (non-hydrogen) atoms. The van der Waals surface area contributed by atoms with E-state index in [9.17, 15) is 18.0 Å². The molecule has 0 spiro atoms. The molecule has 0 amide bonds. The van der Waals surface area contributed by atoms with Gasteiger partial charge in [0.15, 0.2) is 5.16 Å². The average Bonchev–Trinajstić information content (AvgIpc) is 2.59. The third kappa shape index (κ3) is 3.77. The molecule has 0 N–H and O–H groups in total. The monoisotopic (exact) mass is 378 g/mol. The Labute approximate surface area is 152 Å². The average molecular weight is 378 g/mol. The number of hydrogen-bond donors (Lipinski definition) is 0. The fraction of sp³-hybridized carbons (Fsp3) is 0.263. The second kappa shape index (κ2) is 7.15. The van der Waals surface area contributed by atoms with Crippen molar-refractivity contribution in [3.05, 3.63) is 70.0 Å². The van der Waals surface area contributed by atoms with Gasteiger partial charge in [0.25, 0.3) is 5.56 Å². The molecule has 7 heteroatoms. The van der Waals surface area contributed by atoms with E-state index in [-0.39, 0.29) is 11.6 Å². The van der Waals surface area contributed by atoms with E-state index in [1.165, 1.54) is 23.9 Å². The van der Waals surface area contributed by atoms with Crippen LogP contribution in [0.4, 0.5) is 13.2 Å². The molecule has 136 valence electrons. The Kier molecular flexibility index (Phi) is 5.09. The summed E-state index contributed by atoms with van der Waals surface area (Å²) in [5, 5.41) is 1.11. The van der Waals surface area contributed by atoms with Crippen molar-refractivity contribution in [2.75, 3.05) is 0 Å². The summed E-state index contributed by atoms with van der Waals surface area (Å²) in [6.45, 7) is 3.81. The number of rotatable bonds is 4. The van der Waals surface area contributed by atoms with Crippen molar-refractivity contribution >= 4 is 22.7 Å². The minimum Gasteiger partial charge on any atom is -0.285 e. The van der Waals surface area contributed by atoms with E-state index in [2.05, 4.69) is 4.98 Å². The highest BCUT2D eigenvalue weighted by molar-refractivity contribution is 7.98. The molecule has 0 atom stereocenters. The second-order valence-electron chi connectivity index (χ2n) is 6.16. The molecule has 0 aliphatic heterocycles. The molecular formula is C19H17F3N2OS. The summed E-state index contributed by atoms with van der Waals surface area (Å²) in [6.07, 6.45) is -4.34. The lowest BCUT2D eigenvalue weighted by Gasteiger charge is -2.16. The number of thioether (sulfide) groups is 1. The van der Waals surface area contributed by atoms with Gasteiger partial charge < -0.3 is 0 Å². The Morgan fingerprint density at radius 2 is 1.73 bits per heavy atom. The van der Waals surface area contributed by atoms with Crippen LogP contribution in [0, 0.1) is 0 Å². The van der Waals surface area contributed by atoms with Gasteiger partial charge in [-0.1, -0.05) is 36.0 Å². The normalized spacial score (nSPS) is 12.1. The van der Waals surface area contributed by atoms with Gasteiger partial charge in [0, 0.05) is 11.8 Å². The maximum Gasteiger partial charge on any atom is 0.416 e. The number of nitrogens with zero attached hydrogens (tertiary/aromatic N) is 2. The maximum absolute atomic E-state index is 12.7. The smallest absolute Gasteiger partial charge is 0.285 e. The Bertz CT molecular complexity index is 979. The molecule has 0 bridgehead atoms. The molecule has 3 nitrogen and oxygen atoms in total. The summed E-state index contributed by atoms with van der Waals surface area (Å²) in [4.78, 5) is 17.3. The molecule has 0 unspecified atom stereocenters. The number of aromatic nitrogens is 2. The first kappa shape index (κ1) is 18.5. The lowest BCUT2D eigenvalue weighted by Crippen LogP contribution is -2.25. The number of alkyl halides is 3. The van der Waals surface area contributed by atoms with Gasteiger partial charge in [-0.2, -0.15) is 13.2 Å². The Morgan fingerprint density at radius 1 is 1.08 bits per heavy atom. The van der Waals surface area contributed by atoms with Crippen molar-refractivity contribution in [3.63, 3.8) is 0 Å². The van der Waals surface area contributed by atoms with Gasteiger partial charge in [-0.05, 0) is 43.7 Å². The quantitative estimate of drug-likeness (QED) is 0.457. The summed E-state index contributed by atoms with van der Waals surface area (Å²) in [7, 11) is 0. The van der Waals surface area contributed by atoms with Crippen LogP contribution >= 0.6 is 11.8 Å². The minimum atomic E-state index is -4.34. The third-order valence-electron chi connectivity index (χ3n) is 3.94. The van der Waals surface area contributed by atoms with Crippen LogP contribution in [0.3, 0.4) is 0 Å². The molecule has 0 aliphatic carbocycles. The number of hydrogen-bond acceptors (Lipinski definition) is 3. The molecule has 0 fully saturated rings. The van der Waals surface area contributed by atoms with Crippen molar-refractivity contribution in [1.82, 2.24) is 9.55 Å². The minimum absolute atomic E-state index is 0.0743. The number of fused-ring (bicyclic) bond motifs is 1. The molecule has 1 heterocycles. The molecule has 0 radical (unpaired) electrons. The Balaban J connectivity index is 1.91. The highest BCUT2D eigenvalue weighted by atomic mass is 32.2. The molecule has 0 aliphatic rings. The van der Waals surface area contributed by atoms with Gasteiger partial charge in [-0.25, -0.2) is 4.98 Å². The first-order valence-electron chi connectivity index (χ1n) is 8.07. The predicted octanol–water partition coefficient (Wildman–Crippen LogP) is 5.29. The SMILES string of the molecule is CC(C)n1c(SCc2ccc(C(F)(F)F)cc2)nc2ccccc2c1=O. The Hall–Kier alpha value is -2.28. The predicted molar refractivity (Wildman–Crippen MR) is 97.4 cm³/mol. The molecule has 0 saturated carbocycles. The lowest BCUT2D eigenvalue weighted by molar-refractivity contribution is -0.137. The van der Waals surface area contributed by atoms with Gasteiger partial charge in [-0.3, -0.25) is 9.36 Å². The van der Waals surface area contributed by atoms with Crippen molar-refractivity contribution < 1.29 is 13.2 Å². The molecule has 3 aromatic rings. The second-order valence-corrected chi connectivity index (χ2v) is 7.11. The van der Waals surface area contributed by atoms with Crippen molar-refractivity contribution in [2.24, 2.45) is 0 Å². The molecular weight excluding hydrogens is 361 g/mol. The zero-order chi connectivity index (χ0) is 18.9. The maximum atomic E-state index is 12.7. The summed E-state index contributed by atoms with van der Waals surface area (Å²) < 4.78 is 39.6. The zero-order valence-electron chi connectivity index (χ0n) is 14.2. The van der Waals surface area contributed by atoms with Crippen LogP contribution < -0.4 is 5.56 Å². The highest BCUT2D eigenvalue weighted by Gasteiger charge is 2.29. The summed E-state index contributed by atoms with van der Waals surface area (Å²) in [5.74, 6) is 0.426. The van der Waals surface area contributed by atoms with Gasteiger partial charge in [0.05, 0.1) is 16.5 Å². The van der Waals surface area contributed by atoms with E-state index in [0.717, 1.165) is 17.7 Å². The fourth-order valence-corrected chi connectivity index (χ4v) is 3.70. The van der Waals surface area contributed by atoms with Crippen LogP contribution in [0.5, 0.6) is 0 Å². The van der Waals surface area contributed by atoms with Crippen LogP contribution in [-0.2, 0) is 11.9 Å². The van der Waals surface area contributed by atoms with Crippen LogP contribution in [0.25, 0.3) is 10.9 Å². The van der Waals surface area contributed by atoms with E-state index in [4.69, 9.17) is 0 Å². The molecule has 1 aromatic heterocycles. The van der Waals surface area contributed by atoms with Crippen LogP contribution in [-0.4, -0.2) is 9.55 Å². The number of halogens is 3. The summed E-state index contributed by atoms with van der Waals surface area (Å²) in [6, 6.07) is 12.1. The topological polar surface area (TPSA) is 34.9 Å². The van der Waals surface area contributed by atoms with Crippen LogP contribution in [0.1, 0.15) is 31.0 Å². The highest BCUT2D eigenvalue weighted by Crippen LogP contribution is 2.30. The third-order valence-corrected chi connectivity index (χ3v) is 4.96. The first-order chi connectivity index (χ1) is 12.3. The number of para-hydroxylation sites is 1. The molecule has 3 rings (SSSR count).